The molecule has 0 saturated heterocycles. The minimum atomic E-state index is -0.903. The summed E-state index contributed by atoms with van der Waals surface area (Å²) in [6.07, 6.45) is 7.05. The molecule has 142 valence electrons. The molecule has 27 heavy (non-hydrogen) atoms. The normalized spacial score (nSPS) is 23.0. The molecule has 5 nitrogen and oxygen atoms in total. The first-order chi connectivity index (χ1) is 13.0. The van der Waals surface area contributed by atoms with Crippen molar-refractivity contribution in [2.24, 2.45) is 11.8 Å². The molecule has 1 saturated carbocycles. The van der Waals surface area contributed by atoms with E-state index >= 15 is 0 Å². The van der Waals surface area contributed by atoms with Crippen molar-refractivity contribution >= 4 is 22.4 Å². The minimum absolute atomic E-state index is 0.0764. The Morgan fingerprint density at radius 2 is 2.04 bits per heavy atom. The molecule has 1 heterocycles. The van der Waals surface area contributed by atoms with E-state index in [-0.39, 0.29) is 12.4 Å². The number of hydrogen-bond acceptors (Lipinski definition) is 5. The first-order valence-corrected chi connectivity index (χ1v) is 9.68. The van der Waals surface area contributed by atoms with Gasteiger partial charge in [-0.3, -0.25) is 4.79 Å². The van der Waals surface area contributed by atoms with Crippen LogP contribution in [0.25, 0.3) is 0 Å². The number of benzene rings is 1. The third-order valence-corrected chi connectivity index (χ3v) is 6.13. The number of amides is 1. The van der Waals surface area contributed by atoms with Gasteiger partial charge in [0.2, 0.25) is 5.88 Å². The molecule has 3 N–H and O–H groups in total. The summed E-state index contributed by atoms with van der Waals surface area (Å²) in [6, 6.07) is 3.62. The highest BCUT2D eigenvalue weighted by atomic mass is 32.1. The molecule has 3 atom stereocenters. The predicted octanol–water partition coefficient (Wildman–Crippen LogP) is 3.48. The summed E-state index contributed by atoms with van der Waals surface area (Å²) in [5.74, 6) is -1.55. The smallest absolute Gasteiger partial charge is 0.257 e. The SMILES string of the molecule is O=C(NCCc1sc(NC2CC3C=CC2C3)nc1O)c1c(F)cccc1F. The van der Waals surface area contributed by atoms with Gasteiger partial charge in [-0.05, 0) is 36.8 Å². The number of rotatable bonds is 6. The Morgan fingerprint density at radius 3 is 2.70 bits per heavy atom. The number of nitrogens with zero attached hydrogens (tertiary/aromatic N) is 1. The summed E-state index contributed by atoms with van der Waals surface area (Å²) >= 11 is 1.33. The number of carbonyl (C=O) groups is 1. The summed E-state index contributed by atoms with van der Waals surface area (Å²) in [6.45, 7) is 0.138. The number of fused-ring (bicyclic) bond motifs is 2. The maximum absolute atomic E-state index is 13.6. The fraction of sp³-hybridized carbons (Fsp3) is 0.368. The van der Waals surface area contributed by atoms with Gasteiger partial charge in [0, 0.05) is 19.0 Å². The van der Waals surface area contributed by atoms with Gasteiger partial charge in [0.1, 0.15) is 17.2 Å². The Bertz CT molecular complexity index is 879. The summed E-state index contributed by atoms with van der Waals surface area (Å²) in [5.41, 5.74) is -0.599. The van der Waals surface area contributed by atoms with E-state index in [2.05, 4.69) is 27.8 Å². The Kier molecular flexibility index (Phi) is 4.82. The van der Waals surface area contributed by atoms with Gasteiger partial charge in [0.15, 0.2) is 5.13 Å². The van der Waals surface area contributed by atoms with E-state index < -0.39 is 23.1 Å². The van der Waals surface area contributed by atoms with Gasteiger partial charge in [0.25, 0.3) is 5.91 Å². The predicted molar refractivity (Wildman–Crippen MR) is 98.9 cm³/mol. The van der Waals surface area contributed by atoms with Crippen LogP contribution in [0.3, 0.4) is 0 Å². The average molecular weight is 391 g/mol. The van der Waals surface area contributed by atoms with Crippen LogP contribution < -0.4 is 10.6 Å². The van der Waals surface area contributed by atoms with Crippen molar-refractivity contribution in [3.63, 3.8) is 0 Å². The highest BCUT2D eigenvalue weighted by Gasteiger charge is 2.36. The standard InChI is InChI=1S/C19H19F2N3O2S/c20-12-2-1-3-13(21)16(12)18(26)22-7-6-15-17(25)24-19(27-15)23-14-9-10-4-5-11(14)8-10/h1-5,10-11,14,25H,6-9H2,(H,22,26)(H,23,24). The summed E-state index contributed by atoms with van der Waals surface area (Å²) in [4.78, 5) is 16.7. The molecule has 2 aliphatic carbocycles. The topological polar surface area (TPSA) is 74.2 Å². The average Bonchev–Trinajstić information content (AvgIpc) is 3.31. The van der Waals surface area contributed by atoms with Crippen molar-refractivity contribution < 1.29 is 18.7 Å². The fourth-order valence-electron chi connectivity index (χ4n) is 3.77. The number of hydrogen-bond donors (Lipinski definition) is 3. The Hall–Kier alpha value is -2.48. The quantitative estimate of drug-likeness (QED) is 0.659. The van der Waals surface area contributed by atoms with Crippen LogP contribution in [0.5, 0.6) is 5.88 Å². The van der Waals surface area contributed by atoms with Crippen molar-refractivity contribution in [1.29, 1.82) is 0 Å². The number of carbonyl (C=O) groups excluding carboxylic acids is 1. The first kappa shape index (κ1) is 17.9. The number of aromatic nitrogens is 1. The van der Waals surface area contributed by atoms with Crippen LogP contribution in [-0.2, 0) is 6.42 Å². The molecule has 1 amide bonds. The van der Waals surface area contributed by atoms with Gasteiger partial charge in [0.05, 0.1) is 4.88 Å². The van der Waals surface area contributed by atoms with Crippen molar-refractivity contribution in [1.82, 2.24) is 10.3 Å². The monoisotopic (exact) mass is 391 g/mol. The van der Waals surface area contributed by atoms with Crippen molar-refractivity contribution in [2.45, 2.75) is 25.3 Å². The van der Waals surface area contributed by atoms with E-state index in [0.29, 0.717) is 34.3 Å². The van der Waals surface area contributed by atoms with E-state index in [1.165, 1.54) is 23.8 Å². The van der Waals surface area contributed by atoms with Crippen LogP contribution >= 0.6 is 11.3 Å². The van der Waals surface area contributed by atoms with Gasteiger partial charge in [-0.15, -0.1) is 0 Å². The molecule has 2 aliphatic rings. The lowest BCUT2D eigenvalue weighted by molar-refractivity contribution is 0.0945. The second kappa shape index (κ2) is 7.26. The molecule has 0 radical (unpaired) electrons. The molecule has 2 bridgehead atoms. The van der Waals surface area contributed by atoms with E-state index in [1.54, 1.807) is 0 Å². The second-order valence-electron chi connectivity index (χ2n) is 6.90. The maximum atomic E-state index is 13.6. The van der Waals surface area contributed by atoms with Crippen molar-refractivity contribution in [2.75, 3.05) is 11.9 Å². The van der Waals surface area contributed by atoms with Crippen LogP contribution in [0, 0.1) is 23.5 Å². The number of halogens is 2. The summed E-state index contributed by atoms with van der Waals surface area (Å²) in [7, 11) is 0. The van der Waals surface area contributed by atoms with Crippen LogP contribution in [0.2, 0.25) is 0 Å². The number of allylic oxidation sites excluding steroid dienone is 1. The summed E-state index contributed by atoms with van der Waals surface area (Å²) in [5, 5.41) is 16.5. The molecule has 1 aromatic heterocycles. The van der Waals surface area contributed by atoms with Gasteiger partial charge in [-0.2, -0.15) is 4.98 Å². The van der Waals surface area contributed by atoms with E-state index in [9.17, 15) is 18.7 Å². The summed E-state index contributed by atoms with van der Waals surface area (Å²) < 4.78 is 27.2. The maximum Gasteiger partial charge on any atom is 0.257 e. The number of aromatic hydroxyl groups is 1. The molecular weight excluding hydrogens is 372 g/mol. The Labute approximate surface area is 159 Å². The molecule has 4 rings (SSSR count). The highest BCUT2D eigenvalue weighted by Crippen LogP contribution is 2.41. The van der Waals surface area contributed by atoms with Gasteiger partial charge in [-0.25, -0.2) is 8.78 Å². The molecule has 1 aromatic carbocycles. The zero-order valence-electron chi connectivity index (χ0n) is 14.4. The van der Waals surface area contributed by atoms with Gasteiger partial charge < -0.3 is 15.7 Å². The van der Waals surface area contributed by atoms with E-state index in [4.69, 9.17) is 0 Å². The first-order valence-electron chi connectivity index (χ1n) is 8.87. The molecular formula is C19H19F2N3O2S. The third kappa shape index (κ3) is 3.66. The lowest BCUT2D eigenvalue weighted by Crippen LogP contribution is -2.27. The lowest BCUT2D eigenvalue weighted by Gasteiger charge is -2.18. The zero-order valence-corrected chi connectivity index (χ0v) is 15.2. The molecule has 3 unspecified atom stereocenters. The Morgan fingerprint density at radius 1 is 1.26 bits per heavy atom. The fourth-order valence-corrected chi connectivity index (χ4v) is 4.68. The van der Waals surface area contributed by atoms with E-state index in [1.807, 2.05) is 0 Å². The van der Waals surface area contributed by atoms with Crippen LogP contribution in [0.15, 0.2) is 30.4 Å². The second-order valence-corrected chi connectivity index (χ2v) is 7.98. The van der Waals surface area contributed by atoms with Crippen LogP contribution in [-0.4, -0.2) is 28.6 Å². The molecule has 2 aromatic rings. The molecule has 0 aliphatic heterocycles. The number of anilines is 1. The van der Waals surface area contributed by atoms with Crippen LogP contribution in [0.1, 0.15) is 28.1 Å². The van der Waals surface area contributed by atoms with E-state index in [0.717, 1.165) is 18.6 Å². The van der Waals surface area contributed by atoms with Crippen LogP contribution in [0.4, 0.5) is 13.9 Å². The van der Waals surface area contributed by atoms with Gasteiger partial charge in [-0.1, -0.05) is 29.6 Å². The Balaban J connectivity index is 1.33. The van der Waals surface area contributed by atoms with Crippen molar-refractivity contribution in [3.8, 4) is 5.88 Å². The highest BCUT2D eigenvalue weighted by molar-refractivity contribution is 7.15. The third-order valence-electron chi connectivity index (χ3n) is 5.09. The lowest BCUT2D eigenvalue weighted by atomic mass is 10.0. The minimum Gasteiger partial charge on any atom is -0.492 e. The molecule has 0 spiro atoms. The largest absolute Gasteiger partial charge is 0.492 e. The zero-order chi connectivity index (χ0) is 19.0. The molecule has 1 fully saturated rings. The van der Waals surface area contributed by atoms with Crippen molar-refractivity contribution in [3.05, 3.63) is 52.4 Å². The number of nitrogens with one attached hydrogen (secondary N) is 2. The number of thiazole rings is 1. The molecule has 8 heteroatoms. The van der Waals surface area contributed by atoms with Gasteiger partial charge >= 0.3 is 0 Å².